The summed E-state index contributed by atoms with van der Waals surface area (Å²) in [5, 5.41) is 2.44. The largest absolute Gasteiger partial charge is 0.346 e. The Morgan fingerprint density at radius 3 is 2.21 bits per heavy atom. The molecule has 0 aromatic rings. The van der Waals surface area contributed by atoms with Crippen LogP contribution in [0.25, 0.3) is 0 Å². The molecule has 4 nitrogen and oxygen atoms in total. The molecule has 0 heterocycles. The van der Waals surface area contributed by atoms with E-state index in [0.717, 1.165) is 0 Å². The summed E-state index contributed by atoms with van der Waals surface area (Å²) in [4.78, 5) is 32.9. The molecule has 0 aromatic carbocycles. The first-order valence-electron chi connectivity index (χ1n) is 4.40. The van der Waals surface area contributed by atoms with E-state index in [2.05, 4.69) is 5.32 Å². The number of amides is 1. The van der Waals surface area contributed by atoms with Crippen molar-refractivity contribution in [2.24, 2.45) is 0 Å². The zero-order valence-electron chi connectivity index (χ0n) is 8.66. The third-order valence-corrected chi connectivity index (χ3v) is 1.54. The van der Waals surface area contributed by atoms with E-state index in [9.17, 15) is 14.4 Å². The number of carbonyl (C=O) groups excluding carboxylic acids is 3. The van der Waals surface area contributed by atoms with Crippen molar-refractivity contribution in [1.29, 1.82) is 0 Å². The van der Waals surface area contributed by atoms with Gasteiger partial charge in [0.1, 0.15) is 5.78 Å². The van der Waals surface area contributed by atoms with E-state index >= 15 is 0 Å². The van der Waals surface area contributed by atoms with Gasteiger partial charge in [0.15, 0.2) is 5.78 Å². The molecule has 78 valence electrons. The highest BCUT2D eigenvalue weighted by Gasteiger charge is 2.18. The number of hydrogen-bond donors (Lipinski definition) is 1. The van der Waals surface area contributed by atoms with E-state index < -0.39 is 6.04 Å². The van der Waals surface area contributed by atoms with Crippen molar-refractivity contribution in [3.8, 4) is 0 Å². The van der Waals surface area contributed by atoms with Crippen molar-refractivity contribution in [3.63, 3.8) is 0 Å². The van der Waals surface area contributed by atoms with Crippen molar-refractivity contribution in [2.75, 3.05) is 0 Å². The molecule has 1 amide bonds. The molecule has 1 atom stereocenters. The number of carbonyl (C=O) groups is 3. The van der Waals surface area contributed by atoms with Gasteiger partial charge in [-0.3, -0.25) is 14.4 Å². The molecule has 0 saturated carbocycles. The van der Waals surface area contributed by atoms with Crippen LogP contribution in [-0.4, -0.2) is 23.5 Å². The molecular weight excluding hydrogens is 182 g/mol. The fraction of sp³-hybridized carbons (Fsp3) is 0.500. The maximum atomic E-state index is 11.4. The topological polar surface area (TPSA) is 63.2 Å². The second kappa shape index (κ2) is 6.07. The van der Waals surface area contributed by atoms with Crippen LogP contribution >= 0.6 is 0 Å². The second-order valence-corrected chi connectivity index (χ2v) is 3.06. The van der Waals surface area contributed by atoms with Gasteiger partial charge in [0.05, 0.1) is 6.04 Å². The van der Waals surface area contributed by atoms with Gasteiger partial charge in [-0.25, -0.2) is 0 Å². The Hall–Kier alpha value is -1.45. The fourth-order valence-corrected chi connectivity index (χ4v) is 1.04. The van der Waals surface area contributed by atoms with Gasteiger partial charge >= 0.3 is 0 Å². The standard InChI is InChI=1S/C10H15NO3/c1-4-5-10(14)9(6-7(2)12)11-8(3)13/h4-5,9H,6H2,1-3H3,(H,11,13)/b5-4+. The van der Waals surface area contributed by atoms with Gasteiger partial charge in [0, 0.05) is 13.3 Å². The molecule has 4 heteroatoms. The van der Waals surface area contributed by atoms with Crippen molar-refractivity contribution >= 4 is 17.5 Å². The zero-order chi connectivity index (χ0) is 11.1. The number of ketones is 2. The van der Waals surface area contributed by atoms with Gasteiger partial charge in [-0.05, 0) is 19.9 Å². The molecule has 0 radical (unpaired) electrons. The van der Waals surface area contributed by atoms with Crippen LogP contribution in [0.3, 0.4) is 0 Å². The first-order valence-corrected chi connectivity index (χ1v) is 4.40. The van der Waals surface area contributed by atoms with Crippen LogP contribution in [0.1, 0.15) is 27.2 Å². The Bertz CT molecular complexity index is 253. The van der Waals surface area contributed by atoms with Crippen molar-refractivity contribution in [1.82, 2.24) is 5.32 Å². The van der Waals surface area contributed by atoms with Crippen LogP contribution in [0.4, 0.5) is 0 Å². The smallest absolute Gasteiger partial charge is 0.217 e. The molecule has 0 bridgehead atoms. The van der Waals surface area contributed by atoms with E-state index in [4.69, 9.17) is 0 Å². The van der Waals surface area contributed by atoms with Gasteiger partial charge in [-0.15, -0.1) is 0 Å². The van der Waals surface area contributed by atoms with Gasteiger partial charge in [-0.2, -0.15) is 0 Å². The minimum absolute atomic E-state index is 0.0444. The van der Waals surface area contributed by atoms with Crippen molar-refractivity contribution in [3.05, 3.63) is 12.2 Å². The third kappa shape index (κ3) is 5.24. The molecule has 0 spiro atoms. The van der Waals surface area contributed by atoms with Crippen LogP contribution in [0.5, 0.6) is 0 Å². The molecule has 0 fully saturated rings. The zero-order valence-corrected chi connectivity index (χ0v) is 8.66. The van der Waals surface area contributed by atoms with E-state index in [1.807, 2.05) is 0 Å². The Labute approximate surface area is 83.4 Å². The summed E-state index contributed by atoms with van der Waals surface area (Å²) in [5.74, 6) is -0.686. The summed E-state index contributed by atoms with van der Waals surface area (Å²) in [5.41, 5.74) is 0. The van der Waals surface area contributed by atoms with Crippen molar-refractivity contribution < 1.29 is 14.4 Å². The molecule has 1 N–H and O–H groups in total. The number of hydrogen-bond acceptors (Lipinski definition) is 3. The van der Waals surface area contributed by atoms with Gasteiger partial charge in [0.25, 0.3) is 0 Å². The molecule has 0 saturated heterocycles. The number of allylic oxidation sites excluding steroid dienone is 1. The normalized spacial score (nSPS) is 12.5. The minimum atomic E-state index is -0.721. The van der Waals surface area contributed by atoms with Gasteiger partial charge < -0.3 is 5.32 Å². The maximum absolute atomic E-state index is 11.4. The molecule has 0 aromatic heterocycles. The highest BCUT2D eigenvalue weighted by molar-refractivity contribution is 5.99. The van der Waals surface area contributed by atoms with Crippen LogP contribution in [-0.2, 0) is 14.4 Å². The molecule has 0 rings (SSSR count). The summed E-state index contributed by atoms with van der Waals surface area (Å²) >= 11 is 0. The quantitative estimate of drug-likeness (QED) is 0.657. The Morgan fingerprint density at radius 1 is 1.29 bits per heavy atom. The summed E-state index contributed by atoms with van der Waals surface area (Å²) in [6.07, 6.45) is 2.98. The lowest BCUT2D eigenvalue weighted by Crippen LogP contribution is -2.40. The highest BCUT2D eigenvalue weighted by atomic mass is 16.2. The summed E-state index contributed by atoms with van der Waals surface area (Å²) < 4.78 is 0. The predicted molar refractivity (Wildman–Crippen MR) is 52.7 cm³/mol. The van der Waals surface area contributed by atoms with Crippen molar-refractivity contribution in [2.45, 2.75) is 33.2 Å². The van der Waals surface area contributed by atoms with E-state index in [1.54, 1.807) is 13.0 Å². The first kappa shape index (κ1) is 12.6. The highest BCUT2D eigenvalue weighted by Crippen LogP contribution is 1.97. The molecule has 0 aliphatic carbocycles. The summed E-state index contributed by atoms with van der Waals surface area (Å²) in [6.45, 7) is 4.41. The lowest BCUT2D eigenvalue weighted by Gasteiger charge is -2.12. The average Bonchev–Trinajstić information content (AvgIpc) is 2.01. The van der Waals surface area contributed by atoms with Crippen LogP contribution < -0.4 is 5.32 Å². The molecular formula is C10H15NO3. The van der Waals surface area contributed by atoms with E-state index in [1.165, 1.54) is 19.9 Å². The Kier molecular flexibility index (Phi) is 5.44. The molecule has 14 heavy (non-hydrogen) atoms. The Balaban J connectivity index is 4.45. The van der Waals surface area contributed by atoms with Crippen LogP contribution in [0.2, 0.25) is 0 Å². The van der Waals surface area contributed by atoms with E-state index in [-0.39, 0.29) is 23.9 Å². The fourth-order valence-electron chi connectivity index (χ4n) is 1.04. The van der Waals surface area contributed by atoms with E-state index in [0.29, 0.717) is 0 Å². The SMILES string of the molecule is C/C=C/C(=O)C(CC(C)=O)NC(C)=O. The lowest BCUT2D eigenvalue weighted by atomic mass is 10.1. The molecule has 0 aliphatic rings. The molecule has 0 aliphatic heterocycles. The maximum Gasteiger partial charge on any atom is 0.217 e. The lowest BCUT2D eigenvalue weighted by molar-refractivity contribution is -0.126. The minimum Gasteiger partial charge on any atom is -0.346 e. The Morgan fingerprint density at radius 2 is 1.86 bits per heavy atom. The summed E-state index contributed by atoms with van der Waals surface area (Å²) in [7, 11) is 0. The van der Waals surface area contributed by atoms with Gasteiger partial charge in [-0.1, -0.05) is 6.08 Å². The first-order chi connectivity index (χ1) is 6.47. The van der Waals surface area contributed by atoms with Gasteiger partial charge in [0.2, 0.25) is 5.91 Å². The molecule has 1 unspecified atom stereocenters. The number of Topliss-reactive ketones (excluding diaryl/α,β-unsaturated/α-hetero) is 1. The number of nitrogens with one attached hydrogen (secondary N) is 1. The average molecular weight is 197 g/mol. The monoisotopic (exact) mass is 197 g/mol. The van der Waals surface area contributed by atoms with Crippen LogP contribution in [0.15, 0.2) is 12.2 Å². The summed E-state index contributed by atoms with van der Waals surface area (Å²) in [6, 6.07) is -0.721. The number of rotatable bonds is 5. The van der Waals surface area contributed by atoms with Crippen LogP contribution in [0, 0.1) is 0 Å². The second-order valence-electron chi connectivity index (χ2n) is 3.06. The predicted octanol–water partition coefficient (Wildman–Crippen LogP) is 0.615. The third-order valence-electron chi connectivity index (χ3n) is 1.54.